The Morgan fingerprint density at radius 1 is 1.19 bits per heavy atom. The number of nitrogens with one attached hydrogen (secondary N) is 2. The van der Waals surface area contributed by atoms with Crippen LogP contribution in [0.3, 0.4) is 0 Å². The largest absolute Gasteiger partial charge is 0.497 e. The van der Waals surface area contributed by atoms with Gasteiger partial charge in [-0.1, -0.05) is 0 Å². The molecule has 0 spiro atoms. The van der Waals surface area contributed by atoms with E-state index >= 15 is 0 Å². The lowest BCUT2D eigenvalue weighted by atomic mass is 10.1. The lowest BCUT2D eigenvalue weighted by Crippen LogP contribution is -2.40. The predicted octanol–water partition coefficient (Wildman–Crippen LogP) is 3.65. The number of thiophene rings is 1. The van der Waals surface area contributed by atoms with Crippen molar-refractivity contribution in [1.82, 2.24) is 10.2 Å². The molecule has 0 aliphatic carbocycles. The van der Waals surface area contributed by atoms with Crippen LogP contribution in [-0.4, -0.2) is 54.8 Å². The molecule has 0 bridgehead atoms. The second-order valence-corrected chi connectivity index (χ2v) is 9.51. The number of methoxy groups -OCH3 is 1. The van der Waals surface area contributed by atoms with Gasteiger partial charge < -0.3 is 25.4 Å². The SMILES string of the molecule is COc1ccc(-c2cc(C(=O)N[C@H]3CCN(C(=O)OC(C)(C)C)C3)c(NC(N)=O)s2)cc1. The molecule has 1 aliphatic heterocycles. The summed E-state index contributed by atoms with van der Waals surface area (Å²) in [5, 5.41) is 5.84. The van der Waals surface area contributed by atoms with Crippen molar-refractivity contribution < 1.29 is 23.9 Å². The first-order valence-corrected chi connectivity index (χ1v) is 11.0. The molecule has 32 heavy (non-hydrogen) atoms. The molecule has 3 rings (SSSR count). The summed E-state index contributed by atoms with van der Waals surface area (Å²) in [4.78, 5) is 39.1. The van der Waals surface area contributed by atoms with Gasteiger partial charge in [0, 0.05) is 24.0 Å². The summed E-state index contributed by atoms with van der Waals surface area (Å²) in [6, 6.07) is 8.12. The Bertz CT molecular complexity index is 997. The second kappa shape index (κ2) is 9.47. The molecule has 2 aromatic rings. The number of nitrogens with zero attached hydrogens (tertiary/aromatic N) is 1. The molecule has 0 unspecified atom stereocenters. The third-order valence-electron chi connectivity index (χ3n) is 4.76. The predicted molar refractivity (Wildman–Crippen MR) is 123 cm³/mol. The Morgan fingerprint density at radius 3 is 2.47 bits per heavy atom. The molecule has 10 heteroatoms. The standard InChI is InChI=1S/C22H28N4O5S/c1-22(2,3)31-21(29)26-10-9-14(12-26)24-18(27)16-11-17(32-19(16)25-20(23)28)13-5-7-15(30-4)8-6-13/h5-8,11,14H,9-10,12H2,1-4H3,(H,24,27)(H3,23,25,28)/t14-/m0/s1. The molecular weight excluding hydrogens is 432 g/mol. The van der Waals surface area contributed by atoms with Crippen molar-refractivity contribution >= 4 is 34.4 Å². The van der Waals surface area contributed by atoms with Gasteiger partial charge in [-0.15, -0.1) is 11.3 Å². The van der Waals surface area contributed by atoms with E-state index in [1.54, 1.807) is 18.1 Å². The maximum Gasteiger partial charge on any atom is 0.410 e. The molecule has 1 aromatic carbocycles. The molecular formula is C22H28N4O5S. The van der Waals surface area contributed by atoms with E-state index in [1.807, 2.05) is 45.0 Å². The van der Waals surface area contributed by atoms with Crippen LogP contribution < -0.4 is 21.1 Å². The van der Waals surface area contributed by atoms with E-state index in [1.165, 1.54) is 11.3 Å². The van der Waals surface area contributed by atoms with E-state index in [0.29, 0.717) is 30.1 Å². The van der Waals surface area contributed by atoms with Crippen molar-refractivity contribution in [2.24, 2.45) is 5.73 Å². The molecule has 1 atom stereocenters. The summed E-state index contributed by atoms with van der Waals surface area (Å²) >= 11 is 1.25. The topological polar surface area (TPSA) is 123 Å². The van der Waals surface area contributed by atoms with Gasteiger partial charge in [0.1, 0.15) is 16.4 Å². The maximum atomic E-state index is 13.0. The molecule has 1 saturated heterocycles. The summed E-state index contributed by atoms with van der Waals surface area (Å²) in [5.41, 5.74) is 5.90. The number of likely N-dealkylation sites (tertiary alicyclic amines) is 1. The van der Waals surface area contributed by atoms with Crippen LogP contribution >= 0.6 is 11.3 Å². The zero-order valence-corrected chi connectivity index (χ0v) is 19.4. The number of hydrogen-bond acceptors (Lipinski definition) is 6. The van der Waals surface area contributed by atoms with Crippen molar-refractivity contribution in [2.45, 2.75) is 38.8 Å². The number of carbonyl (C=O) groups is 3. The average Bonchev–Trinajstić information content (AvgIpc) is 3.33. The van der Waals surface area contributed by atoms with Crippen molar-refractivity contribution in [1.29, 1.82) is 0 Å². The van der Waals surface area contributed by atoms with E-state index < -0.39 is 17.7 Å². The van der Waals surface area contributed by atoms with Crippen molar-refractivity contribution in [3.05, 3.63) is 35.9 Å². The van der Waals surface area contributed by atoms with Crippen LogP contribution in [-0.2, 0) is 4.74 Å². The number of benzene rings is 1. The molecule has 0 radical (unpaired) electrons. The fourth-order valence-corrected chi connectivity index (χ4v) is 4.36. The Kier molecular flexibility index (Phi) is 6.93. The van der Waals surface area contributed by atoms with Crippen LogP contribution in [0.25, 0.3) is 10.4 Å². The molecule has 172 valence electrons. The molecule has 1 aliphatic rings. The lowest BCUT2D eigenvalue weighted by molar-refractivity contribution is 0.0290. The van der Waals surface area contributed by atoms with Gasteiger partial charge in [-0.3, -0.25) is 10.1 Å². The van der Waals surface area contributed by atoms with E-state index in [0.717, 1.165) is 16.2 Å². The highest BCUT2D eigenvalue weighted by Gasteiger charge is 2.31. The van der Waals surface area contributed by atoms with Crippen molar-refractivity contribution in [2.75, 3.05) is 25.5 Å². The summed E-state index contributed by atoms with van der Waals surface area (Å²) in [7, 11) is 1.59. The Labute approximate surface area is 190 Å². The van der Waals surface area contributed by atoms with Gasteiger partial charge in [-0.25, -0.2) is 9.59 Å². The molecule has 1 fully saturated rings. The van der Waals surface area contributed by atoms with E-state index in [-0.39, 0.29) is 11.9 Å². The molecule has 4 N–H and O–H groups in total. The zero-order valence-electron chi connectivity index (χ0n) is 18.6. The van der Waals surface area contributed by atoms with Crippen molar-refractivity contribution in [3.63, 3.8) is 0 Å². The van der Waals surface area contributed by atoms with E-state index in [4.69, 9.17) is 15.2 Å². The van der Waals surface area contributed by atoms with Gasteiger partial charge in [0.15, 0.2) is 0 Å². The number of rotatable bonds is 5. The number of amides is 4. The Morgan fingerprint density at radius 2 is 1.88 bits per heavy atom. The van der Waals surface area contributed by atoms with Gasteiger partial charge in [0.25, 0.3) is 5.91 Å². The maximum absolute atomic E-state index is 13.0. The Hall–Kier alpha value is -3.27. The summed E-state index contributed by atoms with van der Waals surface area (Å²) in [5.74, 6) is 0.371. The first-order chi connectivity index (χ1) is 15.1. The fourth-order valence-electron chi connectivity index (χ4n) is 3.30. The lowest BCUT2D eigenvalue weighted by Gasteiger charge is -2.24. The van der Waals surface area contributed by atoms with Gasteiger partial charge in [0.2, 0.25) is 0 Å². The first kappa shape index (κ1) is 23.4. The normalized spacial score (nSPS) is 15.9. The second-order valence-electron chi connectivity index (χ2n) is 8.46. The van der Waals surface area contributed by atoms with Gasteiger partial charge >= 0.3 is 12.1 Å². The monoisotopic (exact) mass is 460 g/mol. The van der Waals surface area contributed by atoms with Gasteiger partial charge in [-0.05, 0) is 63.1 Å². The molecule has 4 amide bonds. The molecule has 2 heterocycles. The van der Waals surface area contributed by atoms with Gasteiger partial charge in [0.05, 0.1) is 12.7 Å². The van der Waals surface area contributed by atoms with Crippen LogP contribution in [0.5, 0.6) is 5.75 Å². The number of anilines is 1. The van der Waals surface area contributed by atoms with Crippen LogP contribution in [0.4, 0.5) is 14.6 Å². The minimum Gasteiger partial charge on any atom is -0.497 e. The number of hydrogen-bond donors (Lipinski definition) is 3. The summed E-state index contributed by atoms with van der Waals surface area (Å²) in [6.45, 7) is 6.28. The number of ether oxygens (including phenoxy) is 2. The summed E-state index contributed by atoms with van der Waals surface area (Å²) in [6.07, 6.45) is 0.210. The average molecular weight is 461 g/mol. The third-order valence-corrected chi connectivity index (χ3v) is 5.86. The molecule has 1 aromatic heterocycles. The Balaban J connectivity index is 1.73. The third kappa shape index (κ3) is 5.91. The van der Waals surface area contributed by atoms with Crippen LogP contribution in [0, 0.1) is 0 Å². The highest BCUT2D eigenvalue weighted by Crippen LogP contribution is 2.36. The number of carbonyl (C=O) groups excluding carboxylic acids is 3. The van der Waals surface area contributed by atoms with E-state index in [9.17, 15) is 14.4 Å². The van der Waals surface area contributed by atoms with Crippen LogP contribution in [0.2, 0.25) is 0 Å². The molecule has 0 saturated carbocycles. The smallest absolute Gasteiger partial charge is 0.410 e. The number of primary amides is 1. The summed E-state index contributed by atoms with van der Waals surface area (Å²) < 4.78 is 10.6. The number of urea groups is 1. The number of nitrogens with two attached hydrogens (primary N) is 1. The van der Waals surface area contributed by atoms with Crippen molar-refractivity contribution in [3.8, 4) is 16.2 Å². The quantitative estimate of drug-likeness (QED) is 0.628. The first-order valence-electron chi connectivity index (χ1n) is 10.2. The zero-order chi connectivity index (χ0) is 23.5. The van der Waals surface area contributed by atoms with Gasteiger partial charge in [-0.2, -0.15) is 0 Å². The highest BCUT2D eigenvalue weighted by molar-refractivity contribution is 7.20. The minimum absolute atomic E-state index is 0.221. The highest BCUT2D eigenvalue weighted by atomic mass is 32.1. The fraction of sp³-hybridized carbons (Fsp3) is 0.409. The molecule has 9 nitrogen and oxygen atoms in total. The van der Waals surface area contributed by atoms with Crippen LogP contribution in [0.1, 0.15) is 37.6 Å². The minimum atomic E-state index is -0.751. The van der Waals surface area contributed by atoms with Crippen LogP contribution in [0.15, 0.2) is 30.3 Å². The van der Waals surface area contributed by atoms with E-state index in [2.05, 4.69) is 10.6 Å².